The van der Waals surface area contributed by atoms with Gasteiger partial charge in [0.05, 0.1) is 12.2 Å². The molecule has 0 saturated carbocycles. The number of ether oxygens (including phenoxy) is 1. The van der Waals surface area contributed by atoms with Crippen molar-refractivity contribution in [3.05, 3.63) is 35.4 Å². The molecular formula is C14H16F2O3. The van der Waals surface area contributed by atoms with Gasteiger partial charge in [-0.2, -0.15) is 0 Å². The van der Waals surface area contributed by atoms with Gasteiger partial charge in [-0.15, -0.1) is 0 Å². The van der Waals surface area contributed by atoms with Crippen LogP contribution < -0.4 is 0 Å². The Morgan fingerprint density at radius 2 is 1.89 bits per heavy atom. The molecule has 0 aliphatic heterocycles. The predicted molar refractivity (Wildman–Crippen MR) is 65.6 cm³/mol. The van der Waals surface area contributed by atoms with E-state index in [1.165, 1.54) is 0 Å². The fraction of sp³-hybridized carbons (Fsp3) is 0.429. The number of halogens is 2. The average molecular weight is 270 g/mol. The van der Waals surface area contributed by atoms with Crippen LogP contribution in [0.3, 0.4) is 0 Å². The minimum atomic E-state index is -1.13. The number of ketones is 1. The van der Waals surface area contributed by atoms with Crippen molar-refractivity contribution in [2.75, 3.05) is 6.61 Å². The number of hydrogen-bond acceptors (Lipinski definition) is 3. The molecule has 3 nitrogen and oxygen atoms in total. The summed E-state index contributed by atoms with van der Waals surface area (Å²) >= 11 is 0. The molecule has 1 aromatic carbocycles. The molecule has 19 heavy (non-hydrogen) atoms. The second kappa shape index (κ2) is 6.41. The molecule has 0 heterocycles. The Labute approximate surface area is 110 Å². The number of carbonyl (C=O) groups excluding carboxylic acids is 2. The second-order valence-electron chi connectivity index (χ2n) is 4.46. The lowest BCUT2D eigenvalue weighted by Gasteiger charge is -2.18. The molecule has 0 aromatic heterocycles. The second-order valence-corrected chi connectivity index (χ2v) is 4.46. The first-order valence-corrected chi connectivity index (χ1v) is 6.04. The fourth-order valence-corrected chi connectivity index (χ4v) is 1.77. The molecule has 1 atom stereocenters. The van der Waals surface area contributed by atoms with Gasteiger partial charge in [-0.05, 0) is 31.0 Å². The smallest absolute Gasteiger partial charge is 0.317 e. The number of carbonyl (C=O) groups is 2. The summed E-state index contributed by atoms with van der Waals surface area (Å²) in [5, 5.41) is 0. The highest BCUT2D eigenvalue weighted by atomic mass is 19.1. The van der Waals surface area contributed by atoms with Gasteiger partial charge in [0.2, 0.25) is 0 Å². The van der Waals surface area contributed by atoms with Gasteiger partial charge in [-0.3, -0.25) is 9.59 Å². The molecule has 0 N–H and O–H groups in total. The molecule has 0 spiro atoms. The third-order valence-electron chi connectivity index (χ3n) is 2.68. The predicted octanol–water partition coefficient (Wildman–Crippen LogP) is 2.98. The lowest BCUT2D eigenvalue weighted by atomic mass is 9.87. The van der Waals surface area contributed by atoms with E-state index in [0.29, 0.717) is 0 Å². The molecule has 0 bridgehead atoms. The topological polar surface area (TPSA) is 43.4 Å². The Balaban J connectivity index is 3.13. The molecule has 0 amide bonds. The molecular weight excluding hydrogens is 254 g/mol. The van der Waals surface area contributed by atoms with Crippen LogP contribution in [-0.2, 0) is 9.53 Å². The largest absolute Gasteiger partial charge is 0.465 e. The monoisotopic (exact) mass is 270 g/mol. The third kappa shape index (κ3) is 3.59. The molecule has 5 heteroatoms. The first-order valence-electron chi connectivity index (χ1n) is 6.04. The van der Waals surface area contributed by atoms with Crippen LogP contribution in [0.15, 0.2) is 18.2 Å². The summed E-state index contributed by atoms with van der Waals surface area (Å²) in [5.74, 6) is -4.54. The van der Waals surface area contributed by atoms with Crippen molar-refractivity contribution in [3.63, 3.8) is 0 Å². The molecule has 0 aliphatic rings. The molecule has 1 aromatic rings. The van der Waals surface area contributed by atoms with E-state index in [2.05, 4.69) is 0 Å². The molecule has 0 aliphatic carbocycles. The van der Waals surface area contributed by atoms with Crippen molar-refractivity contribution in [1.29, 1.82) is 0 Å². The van der Waals surface area contributed by atoms with E-state index < -0.39 is 34.9 Å². The zero-order valence-corrected chi connectivity index (χ0v) is 11.1. The van der Waals surface area contributed by atoms with Crippen molar-refractivity contribution < 1.29 is 23.1 Å². The van der Waals surface area contributed by atoms with Gasteiger partial charge in [0.25, 0.3) is 0 Å². The number of hydrogen-bond donors (Lipinski definition) is 0. The maximum absolute atomic E-state index is 13.6. The highest BCUT2D eigenvalue weighted by molar-refractivity contribution is 6.09. The molecule has 1 unspecified atom stereocenters. The van der Waals surface area contributed by atoms with E-state index in [1.54, 1.807) is 20.8 Å². The van der Waals surface area contributed by atoms with Gasteiger partial charge in [0.15, 0.2) is 5.78 Å². The molecule has 104 valence electrons. The van der Waals surface area contributed by atoms with E-state index >= 15 is 0 Å². The summed E-state index contributed by atoms with van der Waals surface area (Å²) in [5.41, 5.74) is -0.424. The van der Waals surface area contributed by atoms with Gasteiger partial charge < -0.3 is 4.74 Å². The van der Waals surface area contributed by atoms with E-state index in [-0.39, 0.29) is 12.5 Å². The third-order valence-corrected chi connectivity index (χ3v) is 2.68. The lowest BCUT2D eigenvalue weighted by molar-refractivity contribution is -0.147. The van der Waals surface area contributed by atoms with Gasteiger partial charge in [-0.1, -0.05) is 13.8 Å². The summed E-state index contributed by atoms with van der Waals surface area (Å²) in [6.07, 6.45) is 0. The Hall–Kier alpha value is -1.78. The van der Waals surface area contributed by atoms with Crippen LogP contribution in [0.5, 0.6) is 0 Å². The Bertz CT molecular complexity index is 484. The number of benzene rings is 1. The van der Waals surface area contributed by atoms with Crippen LogP contribution in [0.2, 0.25) is 0 Å². The van der Waals surface area contributed by atoms with Crippen LogP contribution in [0.25, 0.3) is 0 Å². The first kappa shape index (κ1) is 15.3. The summed E-state index contributed by atoms with van der Waals surface area (Å²) in [7, 11) is 0. The minimum absolute atomic E-state index is 0.126. The van der Waals surface area contributed by atoms with E-state index in [1.807, 2.05) is 0 Å². The summed E-state index contributed by atoms with van der Waals surface area (Å²) in [6, 6.07) is 2.58. The van der Waals surface area contributed by atoms with Gasteiger partial charge in [0, 0.05) is 0 Å². The maximum Gasteiger partial charge on any atom is 0.317 e. The van der Waals surface area contributed by atoms with Crippen LogP contribution in [0.4, 0.5) is 8.78 Å². The van der Waals surface area contributed by atoms with Crippen LogP contribution in [-0.4, -0.2) is 18.4 Å². The average Bonchev–Trinajstić information content (AvgIpc) is 2.32. The Kier molecular flexibility index (Phi) is 5.15. The lowest BCUT2D eigenvalue weighted by Crippen LogP contribution is -2.31. The molecule has 0 fully saturated rings. The summed E-state index contributed by atoms with van der Waals surface area (Å²) < 4.78 is 31.4. The Morgan fingerprint density at radius 3 is 2.42 bits per heavy atom. The van der Waals surface area contributed by atoms with Crippen molar-refractivity contribution >= 4 is 11.8 Å². The minimum Gasteiger partial charge on any atom is -0.465 e. The van der Waals surface area contributed by atoms with Gasteiger partial charge in [-0.25, -0.2) is 8.78 Å². The number of Topliss-reactive ketones (excluding diaryl/α,β-unsaturated/α-hetero) is 1. The Morgan fingerprint density at radius 1 is 1.26 bits per heavy atom. The molecule has 0 saturated heterocycles. The zero-order valence-electron chi connectivity index (χ0n) is 11.1. The van der Waals surface area contributed by atoms with Crippen molar-refractivity contribution in [1.82, 2.24) is 0 Å². The van der Waals surface area contributed by atoms with Crippen molar-refractivity contribution in [3.8, 4) is 0 Å². The van der Waals surface area contributed by atoms with Crippen LogP contribution >= 0.6 is 0 Å². The van der Waals surface area contributed by atoms with E-state index in [9.17, 15) is 18.4 Å². The first-order chi connectivity index (χ1) is 8.88. The van der Waals surface area contributed by atoms with Crippen LogP contribution in [0, 0.1) is 23.5 Å². The fourth-order valence-electron chi connectivity index (χ4n) is 1.77. The highest BCUT2D eigenvalue weighted by Crippen LogP contribution is 2.21. The van der Waals surface area contributed by atoms with Crippen LogP contribution in [0.1, 0.15) is 31.1 Å². The normalized spacial score (nSPS) is 12.3. The SMILES string of the molecule is CCOC(=O)C(C(=O)c1cc(F)ccc1F)C(C)C. The van der Waals surface area contributed by atoms with E-state index in [4.69, 9.17) is 4.74 Å². The van der Waals surface area contributed by atoms with Crippen molar-refractivity contribution in [2.24, 2.45) is 11.8 Å². The number of rotatable bonds is 5. The molecule has 1 rings (SSSR count). The highest BCUT2D eigenvalue weighted by Gasteiger charge is 2.33. The van der Waals surface area contributed by atoms with Gasteiger partial charge in [0.1, 0.15) is 17.6 Å². The maximum atomic E-state index is 13.6. The molecule has 0 radical (unpaired) electrons. The van der Waals surface area contributed by atoms with E-state index in [0.717, 1.165) is 18.2 Å². The summed E-state index contributed by atoms with van der Waals surface area (Å²) in [4.78, 5) is 23.9. The summed E-state index contributed by atoms with van der Waals surface area (Å²) in [6.45, 7) is 5.04. The standard InChI is InChI=1S/C14H16F2O3/c1-4-19-14(18)12(8(2)3)13(17)10-7-9(15)5-6-11(10)16/h5-8,12H,4H2,1-3H3. The number of esters is 1. The van der Waals surface area contributed by atoms with Crippen molar-refractivity contribution in [2.45, 2.75) is 20.8 Å². The zero-order chi connectivity index (χ0) is 14.6. The van der Waals surface area contributed by atoms with Gasteiger partial charge >= 0.3 is 5.97 Å². The quantitative estimate of drug-likeness (QED) is 0.469.